The molecule has 0 fully saturated rings. The van der Waals surface area contributed by atoms with Crippen LogP contribution in [0, 0.1) is 0 Å². The number of thioether (sulfide) groups is 1. The van der Waals surface area contributed by atoms with Crippen LogP contribution >= 0.6 is 27.7 Å². The molecule has 1 heterocycles. The first-order valence-electron chi connectivity index (χ1n) is 10.1. The first-order valence-corrected chi connectivity index (χ1v) is 11.8. The van der Waals surface area contributed by atoms with Gasteiger partial charge in [0, 0.05) is 0 Å². The largest absolute Gasteiger partial charge is 0.506 e. The van der Waals surface area contributed by atoms with Crippen molar-refractivity contribution in [3.05, 3.63) is 74.8 Å². The first-order chi connectivity index (χ1) is 15.9. The van der Waals surface area contributed by atoms with Gasteiger partial charge in [0.05, 0.1) is 28.3 Å². The number of rotatable bonds is 8. The van der Waals surface area contributed by atoms with Gasteiger partial charge < -0.3 is 19.3 Å². The number of aliphatic hydroxyl groups is 1. The SMILES string of the molecule is CCOC(=O)COc1ccc(/C=C2\SC(=Nc3ccccc3)C(C(=O)OCC)=C2O)cc1Br. The van der Waals surface area contributed by atoms with Crippen LogP contribution in [-0.4, -0.2) is 41.9 Å². The van der Waals surface area contributed by atoms with Crippen LogP contribution in [0.5, 0.6) is 5.75 Å². The predicted octanol–water partition coefficient (Wildman–Crippen LogP) is 5.58. The Kier molecular flexibility index (Phi) is 8.73. The summed E-state index contributed by atoms with van der Waals surface area (Å²) in [5, 5.41) is 11.2. The molecule has 0 unspecified atom stereocenters. The molecule has 0 saturated heterocycles. The smallest absolute Gasteiger partial charge is 0.344 e. The van der Waals surface area contributed by atoms with Gasteiger partial charge in [-0.05, 0) is 65.7 Å². The molecule has 1 aliphatic heterocycles. The number of carbonyl (C=O) groups is 2. The Balaban J connectivity index is 1.88. The van der Waals surface area contributed by atoms with Gasteiger partial charge in [-0.25, -0.2) is 14.6 Å². The molecule has 0 atom stereocenters. The molecule has 3 rings (SSSR count). The van der Waals surface area contributed by atoms with Gasteiger partial charge in [0.25, 0.3) is 0 Å². The van der Waals surface area contributed by atoms with Crippen LogP contribution in [0.25, 0.3) is 6.08 Å². The van der Waals surface area contributed by atoms with Crippen molar-refractivity contribution in [3.8, 4) is 5.75 Å². The summed E-state index contributed by atoms with van der Waals surface area (Å²) in [5.74, 6) is -0.802. The summed E-state index contributed by atoms with van der Waals surface area (Å²) in [4.78, 5) is 29.0. The van der Waals surface area contributed by atoms with Crippen LogP contribution in [0.4, 0.5) is 5.69 Å². The van der Waals surface area contributed by atoms with Gasteiger partial charge in [0.15, 0.2) is 6.61 Å². The van der Waals surface area contributed by atoms with Gasteiger partial charge in [-0.2, -0.15) is 0 Å². The fraction of sp³-hybridized carbons (Fsp3) is 0.208. The lowest BCUT2D eigenvalue weighted by atomic mass is 10.1. The van der Waals surface area contributed by atoms with E-state index in [0.717, 1.165) is 5.56 Å². The Labute approximate surface area is 204 Å². The minimum Gasteiger partial charge on any atom is -0.506 e. The van der Waals surface area contributed by atoms with Gasteiger partial charge in [-0.15, -0.1) is 0 Å². The van der Waals surface area contributed by atoms with Crippen LogP contribution in [-0.2, 0) is 19.1 Å². The zero-order valence-electron chi connectivity index (χ0n) is 18.0. The fourth-order valence-corrected chi connectivity index (χ4v) is 4.37. The van der Waals surface area contributed by atoms with Crippen molar-refractivity contribution < 1.29 is 28.9 Å². The van der Waals surface area contributed by atoms with E-state index in [-0.39, 0.29) is 31.2 Å². The number of ether oxygens (including phenoxy) is 3. The molecule has 33 heavy (non-hydrogen) atoms. The second-order valence-electron chi connectivity index (χ2n) is 6.59. The number of carbonyl (C=O) groups excluding carboxylic acids is 2. The quantitative estimate of drug-likeness (QED) is 0.444. The van der Waals surface area contributed by atoms with Gasteiger partial charge in [0.1, 0.15) is 22.1 Å². The Morgan fingerprint density at radius 3 is 2.48 bits per heavy atom. The van der Waals surface area contributed by atoms with E-state index >= 15 is 0 Å². The number of nitrogens with zero attached hydrogens (tertiary/aromatic N) is 1. The normalized spacial score (nSPS) is 15.7. The zero-order valence-corrected chi connectivity index (χ0v) is 20.4. The van der Waals surface area contributed by atoms with Gasteiger partial charge >= 0.3 is 11.9 Å². The molecule has 2 aromatic rings. The van der Waals surface area contributed by atoms with Crippen molar-refractivity contribution in [2.24, 2.45) is 4.99 Å². The number of halogens is 1. The van der Waals surface area contributed by atoms with Crippen LogP contribution < -0.4 is 4.74 Å². The van der Waals surface area contributed by atoms with E-state index < -0.39 is 11.9 Å². The number of benzene rings is 2. The molecule has 0 aliphatic carbocycles. The van der Waals surface area contributed by atoms with Crippen molar-refractivity contribution >= 4 is 56.4 Å². The van der Waals surface area contributed by atoms with Crippen molar-refractivity contribution in [1.82, 2.24) is 0 Å². The van der Waals surface area contributed by atoms with Crippen molar-refractivity contribution in [1.29, 1.82) is 0 Å². The topological polar surface area (TPSA) is 94.4 Å². The average molecular weight is 532 g/mol. The highest BCUT2D eigenvalue weighted by atomic mass is 79.9. The second kappa shape index (κ2) is 11.7. The first kappa shape index (κ1) is 24.6. The van der Waals surface area contributed by atoms with Crippen molar-refractivity contribution in [2.45, 2.75) is 13.8 Å². The van der Waals surface area contributed by atoms with Gasteiger partial charge in [-0.1, -0.05) is 36.0 Å². The molecule has 172 valence electrons. The molecular weight excluding hydrogens is 510 g/mol. The molecule has 0 bridgehead atoms. The monoisotopic (exact) mass is 531 g/mol. The zero-order chi connectivity index (χ0) is 23.8. The third kappa shape index (κ3) is 6.49. The molecule has 0 saturated carbocycles. The Morgan fingerprint density at radius 1 is 1.09 bits per heavy atom. The maximum atomic E-state index is 12.5. The van der Waals surface area contributed by atoms with E-state index in [4.69, 9.17) is 14.2 Å². The number of para-hydroxylation sites is 1. The lowest BCUT2D eigenvalue weighted by molar-refractivity contribution is -0.145. The van der Waals surface area contributed by atoms with E-state index in [1.54, 1.807) is 50.3 Å². The number of esters is 2. The third-order valence-corrected chi connectivity index (χ3v) is 5.90. The maximum absolute atomic E-state index is 12.5. The van der Waals surface area contributed by atoms with E-state index in [1.165, 1.54) is 11.8 Å². The summed E-state index contributed by atoms with van der Waals surface area (Å²) in [6, 6.07) is 14.4. The van der Waals surface area contributed by atoms with Crippen LogP contribution in [0.15, 0.2) is 74.2 Å². The Bertz CT molecular complexity index is 1130. The molecule has 0 radical (unpaired) electrons. The molecule has 1 aliphatic rings. The highest BCUT2D eigenvalue weighted by Gasteiger charge is 2.33. The molecule has 9 heteroatoms. The summed E-state index contributed by atoms with van der Waals surface area (Å²) < 4.78 is 16.1. The second-order valence-corrected chi connectivity index (χ2v) is 8.48. The predicted molar refractivity (Wildman–Crippen MR) is 132 cm³/mol. The minimum absolute atomic E-state index is 0.0328. The number of aliphatic imine (C=N–C) groups is 1. The van der Waals surface area contributed by atoms with E-state index in [0.29, 0.717) is 25.9 Å². The summed E-state index contributed by atoms with van der Waals surface area (Å²) >= 11 is 4.61. The molecule has 7 nitrogen and oxygen atoms in total. The molecule has 0 aromatic heterocycles. The summed E-state index contributed by atoms with van der Waals surface area (Å²) in [6.45, 7) is 3.69. The summed E-state index contributed by atoms with van der Waals surface area (Å²) in [6.07, 6.45) is 1.73. The Hall–Kier alpha value is -3.04. The van der Waals surface area contributed by atoms with E-state index in [9.17, 15) is 14.7 Å². The third-order valence-electron chi connectivity index (χ3n) is 4.26. The highest BCUT2D eigenvalue weighted by Crippen LogP contribution is 2.40. The lowest BCUT2D eigenvalue weighted by Crippen LogP contribution is -2.14. The van der Waals surface area contributed by atoms with Crippen molar-refractivity contribution in [2.75, 3.05) is 19.8 Å². The van der Waals surface area contributed by atoms with Crippen LogP contribution in [0.2, 0.25) is 0 Å². The van der Waals surface area contributed by atoms with Gasteiger partial charge in [-0.3, -0.25) is 0 Å². The summed E-state index contributed by atoms with van der Waals surface area (Å²) in [7, 11) is 0. The van der Waals surface area contributed by atoms with E-state index in [1.807, 2.05) is 18.2 Å². The Morgan fingerprint density at radius 2 is 1.82 bits per heavy atom. The molecular formula is C24H22BrNO6S. The van der Waals surface area contributed by atoms with Gasteiger partial charge in [0.2, 0.25) is 0 Å². The van der Waals surface area contributed by atoms with Crippen LogP contribution in [0.1, 0.15) is 19.4 Å². The van der Waals surface area contributed by atoms with Crippen molar-refractivity contribution in [3.63, 3.8) is 0 Å². The highest BCUT2D eigenvalue weighted by molar-refractivity contribution is 9.10. The molecule has 2 aromatic carbocycles. The molecule has 1 N–H and O–H groups in total. The number of hydrogen-bond donors (Lipinski definition) is 1. The summed E-state index contributed by atoms with van der Waals surface area (Å²) in [5.41, 5.74) is 1.43. The molecule has 0 spiro atoms. The van der Waals surface area contributed by atoms with Crippen LogP contribution in [0.3, 0.4) is 0 Å². The number of aliphatic hydroxyl groups excluding tert-OH is 1. The maximum Gasteiger partial charge on any atom is 0.344 e. The molecule has 0 amide bonds. The minimum atomic E-state index is -0.635. The average Bonchev–Trinajstić information content (AvgIpc) is 3.08. The lowest BCUT2D eigenvalue weighted by Gasteiger charge is -2.08. The number of hydrogen-bond acceptors (Lipinski definition) is 8. The fourth-order valence-electron chi connectivity index (χ4n) is 2.83. The standard InChI is InChI=1S/C24H22BrNO6S/c1-3-30-20(27)14-32-18-11-10-15(12-17(18)25)13-19-22(28)21(24(29)31-4-2)23(33-19)26-16-8-6-5-7-9-16/h5-13,28H,3-4,14H2,1-2H3/b19-13-,26-23?. The van der Waals surface area contributed by atoms with E-state index in [2.05, 4.69) is 20.9 Å².